The highest BCUT2D eigenvalue weighted by molar-refractivity contribution is 6.00. The van der Waals surface area contributed by atoms with Gasteiger partial charge >= 0.3 is 0 Å². The van der Waals surface area contributed by atoms with Gasteiger partial charge in [-0.15, -0.1) is 0 Å². The van der Waals surface area contributed by atoms with Crippen LogP contribution in [0.3, 0.4) is 0 Å². The van der Waals surface area contributed by atoms with Gasteiger partial charge in [-0.2, -0.15) is 0 Å². The standard InChI is InChI=1S/C16H25N3O2/c1-4-8-18-15(20)11-19(9-5-2)16(21)13-10-12(3)6-7-14(13)17/h6-7,10H,4-5,8-9,11,17H2,1-3H3,(H,18,20). The topological polar surface area (TPSA) is 75.4 Å². The fraction of sp³-hybridized carbons (Fsp3) is 0.500. The van der Waals surface area contributed by atoms with Crippen molar-refractivity contribution >= 4 is 17.5 Å². The maximum Gasteiger partial charge on any atom is 0.256 e. The predicted molar refractivity (Wildman–Crippen MR) is 85.1 cm³/mol. The Morgan fingerprint density at radius 2 is 1.95 bits per heavy atom. The quantitative estimate of drug-likeness (QED) is 0.754. The first-order valence-corrected chi connectivity index (χ1v) is 7.41. The van der Waals surface area contributed by atoms with Gasteiger partial charge in [0.25, 0.3) is 5.91 Å². The van der Waals surface area contributed by atoms with E-state index in [0.717, 1.165) is 18.4 Å². The van der Waals surface area contributed by atoms with Crippen molar-refractivity contribution in [2.24, 2.45) is 0 Å². The lowest BCUT2D eigenvalue weighted by atomic mass is 10.1. The molecule has 0 unspecified atom stereocenters. The van der Waals surface area contributed by atoms with Crippen LogP contribution in [0.2, 0.25) is 0 Å². The summed E-state index contributed by atoms with van der Waals surface area (Å²) in [5.74, 6) is -0.324. The number of nitrogen functional groups attached to an aromatic ring is 1. The van der Waals surface area contributed by atoms with Gasteiger partial charge in [0.05, 0.1) is 12.1 Å². The first-order valence-electron chi connectivity index (χ1n) is 7.41. The lowest BCUT2D eigenvalue weighted by molar-refractivity contribution is -0.121. The molecule has 0 saturated carbocycles. The minimum absolute atomic E-state index is 0.0695. The van der Waals surface area contributed by atoms with Crippen LogP contribution >= 0.6 is 0 Å². The lowest BCUT2D eigenvalue weighted by Crippen LogP contribution is -2.41. The van der Waals surface area contributed by atoms with E-state index in [9.17, 15) is 9.59 Å². The van der Waals surface area contributed by atoms with Gasteiger partial charge in [0.2, 0.25) is 5.91 Å². The van der Waals surface area contributed by atoms with Gasteiger partial charge in [0.1, 0.15) is 0 Å². The van der Waals surface area contributed by atoms with E-state index in [1.165, 1.54) is 0 Å². The van der Waals surface area contributed by atoms with Crippen molar-refractivity contribution in [3.8, 4) is 0 Å². The summed E-state index contributed by atoms with van der Waals surface area (Å²) < 4.78 is 0. The van der Waals surface area contributed by atoms with Crippen molar-refractivity contribution < 1.29 is 9.59 Å². The molecule has 1 aromatic rings. The van der Waals surface area contributed by atoms with Gasteiger partial charge in [-0.1, -0.05) is 25.5 Å². The number of benzene rings is 1. The van der Waals surface area contributed by atoms with E-state index in [1.807, 2.05) is 26.8 Å². The molecule has 0 aromatic heterocycles. The molecule has 21 heavy (non-hydrogen) atoms. The molecule has 3 N–H and O–H groups in total. The SMILES string of the molecule is CCCNC(=O)CN(CCC)C(=O)c1cc(C)ccc1N. The normalized spacial score (nSPS) is 10.2. The Balaban J connectivity index is 2.86. The second-order valence-corrected chi connectivity index (χ2v) is 5.17. The third-order valence-corrected chi connectivity index (χ3v) is 3.13. The molecule has 2 amide bonds. The van der Waals surface area contributed by atoms with Crippen LogP contribution < -0.4 is 11.1 Å². The number of aryl methyl sites for hydroxylation is 1. The van der Waals surface area contributed by atoms with Crippen LogP contribution in [0.5, 0.6) is 0 Å². The van der Waals surface area contributed by atoms with Gasteiger partial charge in [0.15, 0.2) is 0 Å². The molecule has 1 aromatic carbocycles. The molecule has 0 fully saturated rings. The van der Waals surface area contributed by atoms with E-state index in [-0.39, 0.29) is 18.4 Å². The molecule has 0 bridgehead atoms. The van der Waals surface area contributed by atoms with Gasteiger partial charge in [0, 0.05) is 18.8 Å². The molecular weight excluding hydrogens is 266 g/mol. The van der Waals surface area contributed by atoms with Gasteiger partial charge in [-0.3, -0.25) is 9.59 Å². The van der Waals surface area contributed by atoms with Crippen LogP contribution in [0.4, 0.5) is 5.69 Å². The van der Waals surface area contributed by atoms with Gasteiger partial charge < -0.3 is 16.0 Å². The number of nitrogens with one attached hydrogen (secondary N) is 1. The molecule has 5 heteroatoms. The highest BCUT2D eigenvalue weighted by Gasteiger charge is 2.20. The predicted octanol–water partition coefficient (Wildman–Crippen LogP) is 1.96. The number of anilines is 1. The van der Waals surface area contributed by atoms with Crippen LogP contribution in [-0.2, 0) is 4.79 Å². The average molecular weight is 291 g/mol. The van der Waals surface area contributed by atoms with E-state index >= 15 is 0 Å². The molecule has 0 heterocycles. The minimum Gasteiger partial charge on any atom is -0.398 e. The number of carbonyl (C=O) groups excluding carboxylic acids is 2. The molecule has 0 aliphatic heterocycles. The van der Waals surface area contributed by atoms with Crippen molar-refractivity contribution in [2.75, 3.05) is 25.4 Å². The van der Waals surface area contributed by atoms with E-state index in [2.05, 4.69) is 5.32 Å². The smallest absolute Gasteiger partial charge is 0.256 e. The zero-order valence-corrected chi connectivity index (χ0v) is 13.1. The number of rotatable bonds is 7. The van der Waals surface area contributed by atoms with Gasteiger partial charge in [-0.05, 0) is 31.9 Å². The maximum atomic E-state index is 12.6. The van der Waals surface area contributed by atoms with Crippen LogP contribution in [0.15, 0.2) is 18.2 Å². The van der Waals surface area contributed by atoms with Crippen molar-refractivity contribution in [3.05, 3.63) is 29.3 Å². The van der Waals surface area contributed by atoms with Crippen molar-refractivity contribution in [1.82, 2.24) is 10.2 Å². The van der Waals surface area contributed by atoms with Crippen molar-refractivity contribution in [2.45, 2.75) is 33.6 Å². The summed E-state index contributed by atoms with van der Waals surface area (Å²) in [6.07, 6.45) is 1.66. The van der Waals surface area contributed by atoms with Crippen LogP contribution in [0.1, 0.15) is 42.6 Å². The van der Waals surface area contributed by atoms with Crippen molar-refractivity contribution in [1.29, 1.82) is 0 Å². The molecule has 0 saturated heterocycles. The zero-order valence-electron chi connectivity index (χ0n) is 13.1. The molecule has 0 spiro atoms. The zero-order chi connectivity index (χ0) is 15.8. The second-order valence-electron chi connectivity index (χ2n) is 5.17. The summed E-state index contributed by atoms with van der Waals surface area (Å²) in [7, 11) is 0. The number of nitrogens with two attached hydrogens (primary N) is 1. The number of hydrogen-bond acceptors (Lipinski definition) is 3. The molecule has 0 aliphatic carbocycles. The summed E-state index contributed by atoms with van der Waals surface area (Å²) in [5.41, 5.74) is 7.77. The molecule has 0 aliphatic rings. The fourth-order valence-corrected chi connectivity index (χ4v) is 2.04. The summed E-state index contributed by atoms with van der Waals surface area (Å²) >= 11 is 0. The Morgan fingerprint density at radius 1 is 1.24 bits per heavy atom. The van der Waals surface area contributed by atoms with E-state index in [4.69, 9.17) is 5.73 Å². The van der Waals surface area contributed by atoms with Crippen molar-refractivity contribution in [3.63, 3.8) is 0 Å². The third kappa shape index (κ3) is 5.10. The summed E-state index contributed by atoms with van der Waals surface area (Å²) in [4.78, 5) is 26.0. The second kappa shape index (κ2) is 8.29. The number of carbonyl (C=O) groups is 2. The van der Waals surface area contributed by atoms with E-state index in [1.54, 1.807) is 17.0 Å². The minimum atomic E-state index is -0.190. The van der Waals surface area contributed by atoms with Crippen LogP contribution in [0, 0.1) is 6.92 Å². The monoisotopic (exact) mass is 291 g/mol. The molecule has 1 rings (SSSR count). The Hall–Kier alpha value is -2.04. The Morgan fingerprint density at radius 3 is 2.57 bits per heavy atom. The average Bonchev–Trinajstić information content (AvgIpc) is 2.46. The first-order chi connectivity index (χ1) is 9.99. The van der Waals surface area contributed by atoms with Crippen LogP contribution in [0.25, 0.3) is 0 Å². The lowest BCUT2D eigenvalue weighted by Gasteiger charge is -2.22. The van der Waals surface area contributed by atoms with E-state index < -0.39 is 0 Å². The maximum absolute atomic E-state index is 12.6. The summed E-state index contributed by atoms with van der Waals surface area (Å²) in [5, 5.41) is 2.79. The Bertz CT molecular complexity index is 500. The summed E-state index contributed by atoms with van der Waals surface area (Å²) in [6, 6.07) is 5.36. The molecule has 5 nitrogen and oxygen atoms in total. The highest BCUT2D eigenvalue weighted by Crippen LogP contribution is 2.16. The number of hydrogen-bond donors (Lipinski definition) is 2. The Labute approximate surface area is 126 Å². The summed E-state index contributed by atoms with van der Waals surface area (Å²) in [6.45, 7) is 7.10. The van der Waals surface area contributed by atoms with E-state index in [0.29, 0.717) is 24.3 Å². The molecule has 116 valence electrons. The fourth-order valence-electron chi connectivity index (χ4n) is 2.04. The molecule has 0 radical (unpaired) electrons. The van der Waals surface area contributed by atoms with Crippen LogP contribution in [-0.4, -0.2) is 36.3 Å². The highest BCUT2D eigenvalue weighted by atomic mass is 16.2. The first kappa shape index (κ1) is 17.0. The molecule has 0 atom stereocenters. The Kier molecular flexibility index (Phi) is 6.72. The number of nitrogens with zero attached hydrogens (tertiary/aromatic N) is 1. The van der Waals surface area contributed by atoms with Gasteiger partial charge in [-0.25, -0.2) is 0 Å². The largest absolute Gasteiger partial charge is 0.398 e. The molecular formula is C16H25N3O2. The third-order valence-electron chi connectivity index (χ3n) is 3.13. The number of amides is 2.